The molecule has 1 N–H and O–H groups in total. The molecule has 0 aliphatic carbocycles. The first kappa shape index (κ1) is 18.0. The van der Waals surface area contributed by atoms with Crippen LogP contribution in [0.1, 0.15) is 36.1 Å². The highest BCUT2D eigenvalue weighted by molar-refractivity contribution is 5.24. The molecular formula is C16H29N3O2. The lowest BCUT2D eigenvalue weighted by Crippen LogP contribution is -2.21. The molecule has 0 radical (unpaired) electrons. The van der Waals surface area contributed by atoms with E-state index < -0.39 is 0 Å². The maximum Gasteiger partial charge on any atom is 0.131 e. The van der Waals surface area contributed by atoms with Crippen molar-refractivity contribution >= 4 is 0 Å². The van der Waals surface area contributed by atoms with Crippen LogP contribution in [0.2, 0.25) is 0 Å². The van der Waals surface area contributed by atoms with Crippen LogP contribution in [0.4, 0.5) is 0 Å². The van der Waals surface area contributed by atoms with E-state index >= 15 is 0 Å². The minimum Gasteiger partial charge on any atom is -0.383 e. The van der Waals surface area contributed by atoms with Gasteiger partial charge in [-0.25, -0.2) is 9.97 Å². The largest absolute Gasteiger partial charge is 0.383 e. The van der Waals surface area contributed by atoms with Crippen LogP contribution in [0, 0.1) is 13.8 Å². The summed E-state index contributed by atoms with van der Waals surface area (Å²) in [5.74, 6) is 0.889. The van der Waals surface area contributed by atoms with Crippen LogP contribution in [0.15, 0.2) is 0 Å². The molecule has 21 heavy (non-hydrogen) atoms. The van der Waals surface area contributed by atoms with E-state index in [-0.39, 0.29) is 0 Å². The first-order chi connectivity index (χ1) is 10.2. The van der Waals surface area contributed by atoms with Gasteiger partial charge < -0.3 is 14.8 Å². The number of rotatable bonds is 11. The van der Waals surface area contributed by atoms with Crippen LogP contribution < -0.4 is 5.32 Å². The van der Waals surface area contributed by atoms with Gasteiger partial charge in [0.1, 0.15) is 5.82 Å². The van der Waals surface area contributed by atoms with Crippen molar-refractivity contribution in [2.45, 2.75) is 40.0 Å². The lowest BCUT2D eigenvalue weighted by atomic mass is 10.1. The summed E-state index contributed by atoms with van der Waals surface area (Å²) in [6.45, 7) is 10.2. The number of hydrogen-bond donors (Lipinski definition) is 1. The summed E-state index contributed by atoms with van der Waals surface area (Å²) < 4.78 is 10.4. The van der Waals surface area contributed by atoms with Gasteiger partial charge in [0.25, 0.3) is 0 Å². The van der Waals surface area contributed by atoms with E-state index in [0.29, 0.717) is 6.61 Å². The van der Waals surface area contributed by atoms with E-state index in [1.165, 1.54) is 5.56 Å². The molecule has 0 unspecified atom stereocenters. The molecular weight excluding hydrogens is 266 g/mol. The number of hydrogen-bond acceptors (Lipinski definition) is 5. The van der Waals surface area contributed by atoms with Gasteiger partial charge in [-0.05, 0) is 45.7 Å². The van der Waals surface area contributed by atoms with Gasteiger partial charge in [-0.1, -0.05) is 0 Å². The minimum absolute atomic E-state index is 0.693. The SMILES string of the molecule is CCOCCc1nc(C)c(CCCNCCOC)c(C)n1. The average Bonchev–Trinajstić information content (AvgIpc) is 2.45. The number of aryl methyl sites for hydroxylation is 2. The number of methoxy groups -OCH3 is 1. The predicted molar refractivity (Wildman–Crippen MR) is 84.8 cm³/mol. The van der Waals surface area contributed by atoms with Crippen LogP contribution in [-0.4, -0.2) is 50.0 Å². The van der Waals surface area contributed by atoms with Crippen molar-refractivity contribution in [3.8, 4) is 0 Å². The van der Waals surface area contributed by atoms with Crippen molar-refractivity contribution in [3.05, 3.63) is 22.8 Å². The van der Waals surface area contributed by atoms with E-state index in [0.717, 1.165) is 62.8 Å². The molecule has 0 bridgehead atoms. The highest BCUT2D eigenvalue weighted by Crippen LogP contribution is 2.12. The lowest BCUT2D eigenvalue weighted by molar-refractivity contribution is 0.149. The molecule has 1 heterocycles. The minimum atomic E-state index is 0.693. The molecule has 0 aromatic carbocycles. The van der Waals surface area contributed by atoms with Gasteiger partial charge in [0, 0.05) is 38.1 Å². The summed E-state index contributed by atoms with van der Waals surface area (Å²) >= 11 is 0. The van der Waals surface area contributed by atoms with Crippen LogP contribution >= 0.6 is 0 Å². The number of aromatic nitrogens is 2. The van der Waals surface area contributed by atoms with Gasteiger partial charge in [0.2, 0.25) is 0 Å². The molecule has 120 valence electrons. The Hall–Kier alpha value is -1.04. The van der Waals surface area contributed by atoms with Crippen LogP contribution in [0.3, 0.4) is 0 Å². The maximum absolute atomic E-state index is 5.36. The van der Waals surface area contributed by atoms with E-state index in [4.69, 9.17) is 9.47 Å². The Labute approximate surface area is 128 Å². The third-order valence-electron chi connectivity index (χ3n) is 3.40. The Kier molecular flexibility index (Phi) is 9.14. The molecule has 0 fully saturated rings. The third kappa shape index (κ3) is 6.98. The van der Waals surface area contributed by atoms with Gasteiger partial charge in [0.15, 0.2) is 0 Å². The van der Waals surface area contributed by atoms with Crippen LogP contribution in [-0.2, 0) is 22.3 Å². The van der Waals surface area contributed by atoms with Crippen LogP contribution in [0.25, 0.3) is 0 Å². The molecule has 0 atom stereocenters. The van der Waals surface area contributed by atoms with E-state index in [2.05, 4.69) is 29.1 Å². The Morgan fingerprint density at radius 3 is 2.33 bits per heavy atom. The summed E-state index contributed by atoms with van der Waals surface area (Å²) in [5, 5.41) is 3.36. The Morgan fingerprint density at radius 2 is 1.71 bits per heavy atom. The molecule has 5 heteroatoms. The monoisotopic (exact) mass is 295 g/mol. The normalized spacial score (nSPS) is 11.0. The van der Waals surface area contributed by atoms with Gasteiger partial charge >= 0.3 is 0 Å². The second-order valence-electron chi connectivity index (χ2n) is 5.08. The molecule has 0 aliphatic rings. The van der Waals surface area contributed by atoms with E-state index in [9.17, 15) is 0 Å². The zero-order valence-electron chi connectivity index (χ0n) is 13.9. The fraction of sp³-hybridized carbons (Fsp3) is 0.750. The zero-order chi connectivity index (χ0) is 15.5. The fourth-order valence-corrected chi connectivity index (χ4v) is 2.28. The summed E-state index contributed by atoms with van der Waals surface area (Å²) in [4.78, 5) is 9.21. The third-order valence-corrected chi connectivity index (χ3v) is 3.40. The van der Waals surface area contributed by atoms with Gasteiger partial charge in [-0.15, -0.1) is 0 Å². The van der Waals surface area contributed by atoms with Crippen molar-refractivity contribution in [1.29, 1.82) is 0 Å². The fourth-order valence-electron chi connectivity index (χ4n) is 2.28. The highest BCUT2D eigenvalue weighted by atomic mass is 16.5. The second kappa shape index (κ2) is 10.7. The summed E-state index contributed by atoms with van der Waals surface area (Å²) in [7, 11) is 1.72. The quantitative estimate of drug-likeness (QED) is 0.631. The second-order valence-corrected chi connectivity index (χ2v) is 5.08. The Morgan fingerprint density at radius 1 is 1.00 bits per heavy atom. The summed E-state index contributed by atoms with van der Waals surface area (Å²) in [5.41, 5.74) is 3.49. The molecule has 0 aliphatic heterocycles. The molecule has 0 spiro atoms. The highest BCUT2D eigenvalue weighted by Gasteiger charge is 2.08. The molecule has 0 amide bonds. The number of ether oxygens (including phenoxy) is 2. The predicted octanol–water partition coefficient (Wildman–Crippen LogP) is 1.84. The number of nitrogens with zero attached hydrogens (tertiary/aromatic N) is 2. The number of nitrogens with one attached hydrogen (secondary N) is 1. The van der Waals surface area contributed by atoms with E-state index in [1.54, 1.807) is 7.11 Å². The smallest absolute Gasteiger partial charge is 0.131 e. The molecule has 0 saturated carbocycles. The molecule has 5 nitrogen and oxygen atoms in total. The molecule has 0 saturated heterocycles. The topological polar surface area (TPSA) is 56.3 Å². The van der Waals surface area contributed by atoms with Gasteiger partial charge in [0.05, 0.1) is 13.2 Å². The van der Waals surface area contributed by atoms with Crippen molar-refractivity contribution < 1.29 is 9.47 Å². The zero-order valence-corrected chi connectivity index (χ0v) is 13.9. The van der Waals surface area contributed by atoms with Gasteiger partial charge in [-0.3, -0.25) is 0 Å². The standard InChI is InChI=1S/C16H29N3O2/c1-5-21-11-8-16-18-13(2)15(14(3)19-16)7-6-9-17-10-12-20-4/h17H,5-12H2,1-4H3. The van der Waals surface area contributed by atoms with Crippen molar-refractivity contribution in [2.75, 3.05) is 40.0 Å². The molecule has 1 rings (SSSR count). The maximum atomic E-state index is 5.36. The first-order valence-electron chi connectivity index (χ1n) is 7.79. The first-order valence-corrected chi connectivity index (χ1v) is 7.79. The summed E-state index contributed by atoms with van der Waals surface area (Å²) in [6, 6.07) is 0. The van der Waals surface area contributed by atoms with Crippen molar-refractivity contribution in [1.82, 2.24) is 15.3 Å². The van der Waals surface area contributed by atoms with Crippen molar-refractivity contribution in [3.63, 3.8) is 0 Å². The summed E-state index contributed by atoms with van der Waals surface area (Å²) in [6.07, 6.45) is 2.89. The van der Waals surface area contributed by atoms with Gasteiger partial charge in [-0.2, -0.15) is 0 Å². The van der Waals surface area contributed by atoms with Crippen molar-refractivity contribution in [2.24, 2.45) is 0 Å². The Balaban J connectivity index is 2.43. The average molecular weight is 295 g/mol. The van der Waals surface area contributed by atoms with Crippen LogP contribution in [0.5, 0.6) is 0 Å². The molecule has 1 aromatic rings. The molecule has 1 aromatic heterocycles. The van der Waals surface area contributed by atoms with E-state index in [1.807, 2.05) is 6.92 Å². The Bertz CT molecular complexity index is 388. The lowest BCUT2D eigenvalue weighted by Gasteiger charge is -2.11.